The van der Waals surface area contributed by atoms with Gasteiger partial charge in [0.05, 0.1) is 6.33 Å². The highest BCUT2D eigenvalue weighted by atomic mass is 35.5. The summed E-state index contributed by atoms with van der Waals surface area (Å²) in [5.41, 5.74) is -0.330. The van der Waals surface area contributed by atoms with Crippen LogP contribution in [0, 0.1) is 0 Å². The van der Waals surface area contributed by atoms with Crippen LogP contribution in [0.1, 0.15) is 16.2 Å². The topological polar surface area (TPSA) is 134 Å². The Hall–Kier alpha value is -3.67. The molecule has 1 unspecified atom stereocenters. The number of halogens is 4. The third kappa shape index (κ3) is 4.91. The zero-order chi connectivity index (χ0) is 22.8. The van der Waals surface area contributed by atoms with Gasteiger partial charge in [0, 0.05) is 29.1 Å². The average molecular weight is 457 g/mol. The summed E-state index contributed by atoms with van der Waals surface area (Å²) in [6.45, 7) is 0. The Morgan fingerprint density at radius 3 is 2.52 bits per heavy atom. The van der Waals surface area contributed by atoms with E-state index in [-0.39, 0.29) is 16.2 Å². The number of carbonyl (C=O) groups excluding carboxylic acids is 3. The van der Waals surface area contributed by atoms with Crippen molar-refractivity contribution in [1.82, 2.24) is 20.3 Å². The smallest absolute Gasteiger partial charge is 0.491 e. The number of imidazole rings is 1. The lowest BCUT2D eigenvalue weighted by molar-refractivity contribution is -0.202. The molecule has 1 aromatic carbocycles. The van der Waals surface area contributed by atoms with Crippen molar-refractivity contribution in [3.8, 4) is 5.75 Å². The average Bonchev–Trinajstić information content (AvgIpc) is 3.22. The van der Waals surface area contributed by atoms with E-state index in [1.807, 2.05) is 0 Å². The molecule has 31 heavy (non-hydrogen) atoms. The van der Waals surface area contributed by atoms with Crippen LogP contribution in [0.2, 0.25) is 5.15 Å². The summed E-state index contributed by atoms with van der Waals surface area (Å²) < 4.78 is 41.1. The number of aromatic amines is 1. The monoisotopic (exact) mass is 456 g/mol. The van der Waals surface area contributed by atoms with Crippen LogP contribution in [0.25, 0.3) is 10.8 Å². The first-order valence-electron chi connectivity index (χ1n) is 8.46. The van der Waals surface area contributed by atoms with Crippen molar-refractivity contribution in [3.63, 3.8) is 0 Å². The molecule has 1 amide bonds. The van der Waals surface area contributed by atoms with Crippen LogP contribution in [0.3, 0.4) is 0 Å². The van der Waals surface area contributed by atoms with E-state index in [2.05, 4.69) is 25.0 Å². The molecule has 1 atom stereocenters. The maximum atomic E-state index is 12.7. The molecule has 3 rings (SSSR count). The third-order valence-electron chi connectivity index (χ3n) is 4.05. The fraction of sp³-hybridized carbons (Fsp3) is 0.167. The minimum absolute atomic E-state index is 0.126. The quantitative estimate of drug-likeness (QED) is 0.304. The van der Waals surface area contributed by atoms with Gasteiger partial charge in [0.25, 0.3) is 5.91 Å². The van der Waals surface area contributed by atoms with Gasteiger partial charge in [0.1, 0.15) is 11.2 Å². The van der Waals surface area contributed by atoms with Gasteiger partial charge >= 0.3 is 18.1 Å². The summed E-state index contributed by atoms with van der Waals surface area (Å²) in [5.74, 6) is -6.10. The molecule has 0 fully saturated rings. The van der Waals surface area contributed by atoms with E-state index in [4.69, 9.17) is 11.6 Å². The zero-order valence-electron chi connectivity index (χ0n) is 15.2. The number of rotatable bonds is 5. The summed E-state index contributed by atoms with van der Waals surface area (Å²) in [4.78, 5) is 45.9. The molecular formula is C18H12ClF3N4O5. The molecule has 0 aliphatic rings. The Morgan fingerprint density at radius 1 is 1.23 bits per heavy atom. The predicted molar refractivity (Wildman–Crippen MR) is 99.1 cm³/mol. The molecule has 13 heteroatoms. The normalized spacial score (nSPS) is 12.4. The molecule has 0 saturated heterocycles. The maximum Gasteiger partial charge on any atom is 0.491 e. The molecule has 9 nitrogen and oxygen atoms in total. The number of amides is 1. The van der Waals surface area contributed by atoms with Crippen molar-refractivity contribution in [2.45, 2.75) is 18.6 Å². The van der Waals surface area contributed by atoms with Gasteiger partial charge in [-0.2, -0.15) is 13.2 Å². The van der Waals surface area contributed by atoms with E-state index in [1.54, 1.807) is 18.2 Å². The number of benzene rings is 1. The van der Waals surface area contributed by atoms with E-state index < -0.39 is 47.9 Å². The van der Waals surface area contributed by atoms with E-state index in [0.717, 1.165) is 0 Å². The van der Waals surface area contributed by atoms with Gasteiger partial charge in [-0.1, -0.05) is 35.9 Å². The highest BCUT2D eigenvalue weighted by molar-refractivity contribution is 6.34. The Morgan fingerprint density at radius 2 is 1.90 bits per heavy atom. The molecule has 0 bridgehead atoms. The van der Waals surface area contributed by atoms with Crippen LogP contribution in [0.4, 0.5) is 13.2 Å². The number of hydrogen-bond acceptors (Lipinski definition) is 7. The number of carbonyl (C=O) groups is 3. The number of ether oxygens (including phenoxy) is 1. The SMILES string of the molecule is O=C(NC(Cc1cnc[nH]1)C(=O)OC(=O)C(F)(F)F)c1nc(Cl)c2ccccc2c1O. The van der Waals surface area contributed by atoms with Crippen LogP contribution in [-0.4, -0.2) is 50.1 Å². The number of alkyl halides is 3. The number of hydrogen-bond donors (Lipinski definition) is 3. The Kier molecular flexibility index (Phi) is 6.11. The number of aromatic nitrogens is 3. The fourth-order valence-electron chi connectivity index (χ4n) is 2.62. The van der Waals surface area contributed by atoms with E-state index in [9.17, 15) is 32.7 Å². The van der Waals surface area contributed by atoms with Crippen LogP contribution in [0.5, 0.6) is 5.75 Å². The first-order valence-corrected chi connectivity index (χ1v) is 8.84. The van der Waals surface area contributed by atoms with Crippen molar-refractivity contribution >= 4 is 40.2 Å². The Bertz CT molecular complexity index is 1150. The van der Waals surface area contributed by atoms with Gasteiger partial charge < -0.3 is 20.1 Å². The molecule has 2 aromatic heterocycles. The van der Waals surface area contributed by atoms with Gasteiger partial charge in [0.2, 0.25) is 0 Å². The molecule has 0 aliphatic heterocycles. The molecule has 0 aliphatic carbocycles. The van der Waals surface area contributed by atoms with Crippen LogP contribution < -0.4 is 5.32 Å². The molecule has 162 valence electrons. The van der Waals surface area contributed by atoms with E-state index in [1.165, 1.54) is 18.6 Å². The summed E-state index contributed by atoms with van der Waals surface area (Å²) >= 11 is 6.03. The second-order valence-corrected chi connectivity index (χ2v) is 6.52. The first kappa shape index (κ1) is 22.0. The van der Waals surface area contributed by atoms with Gasteiger partial charge in [0.15, 0.2) is 11.4 Å². The van der Waals surface area contributed by atoms with E-state index >= 15 is 0 Å². The van der Waals surface area contributed by atoms with Gasteiger partial charge in [-0.15, -0.1) is 0 Å². The van der Waals surface area contributed by atoms with Crippen molar-refractivity contribution < 1.29 is 37.4 Å². The molecule has 0 radical (unpaired) electrons. The fourth-order valence-corrected chi connectivity index (χ4v) is 2.87. The molecular weight excluding hydrogens is 445 g/mol. The van der Waals surface area contributed by atoms with Crippen molar-refractivity contribution in [3.05, 3.63) is 53.3 Å². The number of pyridine rings is 1. The highest BCUT2D eigenvalue weighted by Gasteiger charge is 2.43. The summed E-state index contributed by atoms with van der Waals surface area (Å²) in [6, 6.07) is 4.47. The van der Waals surface area contributed by atoms with Crippen LogP contribution in [-0.2, 0) is 20.7 Å². The van der Waals surface area contributed by atoms with Gasteiger partial charge in [-0.05, 0) is 0 Å². The molecule has 3 aromatic rings. The van der Waals surface area contributed by atoms with E-state index in [0.29, 0.717) is 5.39 Å². The van der Waals surface area contributed by atoms with Crippen LogP contribution in [0.15, 0.2) is 36.8 Å². The second-order valence-electron chi connectivity index (χ2n) is 6.16. The number of nitrogens with one attached hydrogen (secondary N) is 2. The predicted octanol–water partition coefficient (Wildman–Crippen LogP) is 2.29. The van der Waals surface area contributed by atoms with Gasteiger partial charge in [-0.3, -0.25) is 4.79 Å². The lowest BCUT2D eigenvalue weighted by Gasteiger charge is -2.17. The Labute approximate surface area is 176 Å². The highest BCUT2D eigenvalue weighted by Crippen LogP contribution is 2.31. The minimum Gasteiger partial charge on any atom is -0.505 e. The van der Waals surface area contributed by atoms with Crippen molar-refractivity contribution in [2.75, 3.05) is 0 Å². The van der Waals surface area contributed by atoms with Crippen molar-refractivity contribution in [1.29, 1.82) is 0 Å². The largest absolute Gasteiger partial charge is 0.505 e. The minimum atomic E-state index is -5.41. The summed E-state index contributed by atoms with van der Waals surface area (Å²) in [5, 5.41) is 12.9. The standard InChI is InChI=1S/C18H12ClF3N4O5/c19-14-10-4-2-1-3-9(10)13(27)12(26-14)15(28)25-11(5-8-6-23-7-24-8)16(29)31-17(30)18(20,21)22/h1-4,6-7,11,27H,5H2,(H,23,24)(H,25,28). The molecule has 0 spiro atoms. The van der Waals surface area contributed by atoms with Crippen LogP contribution >= 0.6 is 11.6 Å². The number of aromatic hydroxyl groups is 1. The number of nitrogens with zero attached hydrogens (tertiary/aromatic N) is 2. The lowest BCUT2D eigenvalue weighted by atomic mass is 10.1. The van der Waals surface area contributed by atoms with Crippen molar-refractivity contribution in [2.24, 2.45) is 0 Å². The molecule has 0 saturated carbocycles. The maximum absolute atomic E-state index is 12.7. The number of H-pyrrole nitrogens is 1. The Balaban J connectivity index is 1.89. The third-order valence-corrected chi connectivity index (χ3v) is 4.34. The zero-order valence-corrected chi connectivity index (χ0v) is 16.0. The first-order chi connectivity index (χ1) is 14.6. The lowest BCUT2D eigenvalue weighted by Crippen LogP contribution is -2.45. The second kappa shape index (κ2) is 8.60. The summed E-state index contributed by atoms with van der Waals surface area (Å²) in [6.07, 6.45) is -3.32. The van der Waals surface area contributed by atoms with Gasteiger partial charge in [-0.25, -0.2) is 19.6 Å². The summed E-state index contributed by atoms with van der Waals surface area (Å²) in [7, 11) is 0. The molecule has 2 heterocycles. The molecule has 3 N–H and O–H groups in total. The number of esters is 2. The number of fused-ring (bicyclic) bond motifs is 1.